The molecule has 0 aliphatic rings. The number of carbonyl (C=O) groups is 1. The number of anilines is 1. The van der Waals surface area contributed by atoms with Gasteiger partial charge in [-0.05, 0) is 29.4 Å². The van der Waals surface area contributed by atoms with Crippen LogP contribution in [0.25, 0.3) is 0 Å². The van der Waals surface area contributed by atoms with Crippen LogP contribution in [0.1, 0.15) is 57.5 Å². The first kappa shape index (κ1) is 19.6. The Morgan fingerprint density at radius 1 is 1.16 bits per heavy atom. The number of thiazole rings is 1. The van der Waals surface area contributed by atoms with Crippen molar-refractivity contribution in [3.8, 4) is 0 Å². The third-order valence-corrected chi connectivity index (χ3v) is 4.79. The fourth-order valence-electron chi connectivity index (χ4n) is 2.88. The van der Waals surface area contributed by atoms with Crippen molar-refractivity contribution in [2.24, 2.45) is 11.8 Å². The third-order valence-electron chi connectivity index (χ3n) is 3.99. The minimum absolute atomic E-state index is 0.0876. The first-order valence-corrected chi connectivity index (χ1v) is 9.77. The maximum absolute atomic E-state index is 11.1. The molecule has 2 aromatic rings. The van der Waals surface area contributed by atoms with Crippen LogP contribution in [0, 0.1) is 11.8 Å². The largest absolute Gasteiger partial charge is 0.304 e. The second-order valence-electron chi connectivity index (χ2n) is 7.27. The summed E-state index contributed by atoms with van der Waals surface area (Å²) < 4.78 is 0. The molecule has 1 aromatic heterocycles. The van der Waals surface area contributed by atoms with Crippen molar-refractivity contribution < 1.29 is 4.79 Å². The average Bonchev–Trinajstić information content (AvgIpc) is 2.95. The predicted octanol–water partition coefficient (Wildman–Crippen LogP) is 4.79. The fraction of sp³-hybridized carbons (Fsp3) is 0.500. The molecule has 1 atom stereocenters. The highest BCUT2D eigenvalue weighted by atomic mass is 32.1. The second-order valence-corrected chi connectivity index (χ2v) is 8.13. The molecule has 0 bridgehead atoms. The van der Waals surface area contributed by atoms with Crippen molar-refractivity contribution in [1.82, 2.24) is 10.3 Å². The molecule has 1 amide bonds. The summed E-state index contributed by atoms with van der Waals surface area (Å²) in [5.41, 5.74) is 3.65. The lowest BCUT2D eigenvalue weighted by Gasteiger charge is -2.23. The van der Waals surface area contributed by atoms with E-state index in [1.54, 1.807) is 0 Å². The number of benzene rings is 1. The summed E-state index contributed by atoms with van der Waals surface area (Å²) in [5.74, 6) is 1.06. The topological polar surface area (TPSA) is 54.0 Å². The molecular formula is C20H29N3OS. The summed E-state index contributed by atoms with van der Waals surface area (Å²) in [6.45, 7) is 11.1. The molecule has 0 saturated heterocycles. The van der Waals surface area contributed by atoms with Gasteiger partial charge < -0.3 is 10.6 Å². The van der Waals surface area contributed by atoms with E-state index in [9.17, 15) is 4.79 Å². The number of hydrogen-bond acceptors (Lipinski definition) is 4. The van der Waals surface area contributed by atoms with Gasteiger partial charge in [0.15, 0.2) is 5.13 Å². The first-order valence-electron chi connectivity index (χ1n) is 8.89. The van der Waals surface area contributed by atoms with Gasteiger partial charge in [-0.1, -0.05) is 52.0 Å². The molecule has 0 aliphatic heterocycles. The highest BCUT2D eigenvalue weighted by molar-refractivity contribution is 7.13. The maximum Gasteiger partial charge on any atom is 0.223 e. The van der Waals surface area contributed by atoms with Gasteiger partial charge in [0.05, 0.1) is 5.69 Å². The summed E-state index contributed by atoms with van der Waals surface area (Å²) in [5, 5.41) is 8.98. The smallest absolute Gasteiger partial charge is 0.223 e. The van der Waals surface area contributed by atoms with Gasteiger partial charge in [-0.3, -0.25) is 4.79 Å². The highest BCUT2D eigenvalue weighted by Gasteiger charge is 2.16. The standard InChI is InChI=1S/C20H29N3OS/c1-13(2)10-16-6-8-17(9-7-16)19(14(3)4)21-11-18-12-25-20(23-18)22-15(5)24/h6-9,12-14,19,21H,10-11H2,1-5H3,(H,22,23,24). The Balaban J connectivity index is 2.00. The Morgan fingerprint density at radius 3 is 2.40 bits per heavy atom. The fourth-order valence-corrected chi connectivity index (χ4v) is 3.64. The molecule has 5 heteroatoms. The van der Waals surface area contributed by atoms with Gasteiger partial charge in [0.1, 0.15) is 0 Å². The number of amides is 1. The van der Waals surface area contributed by atoms with Crippen LogP contribution in [-0.2, 0) is 17.8 Å². The monoisotopic (exact) mass is 359 g/mol. The van der Waals surface area contributed by atoms with Gasteiger partial charge in [0.2, 0.25) is 5.91 Å². The van der Waals surface area contributed by atoms with Gasteiger partial charge in [-0.2, -0.15) is 0 Å². The molecule has 1 aromatic carbocycles. The number of carbonyl (C=O) groups excluding carboxylic acids is 1. The van der Waals surface area contributed by atoms with Crippen LogP contribution in [0.2, 0.25) is 0 Å². The number of aromatic nitrogens is 1. The van der Waals surface area contributed by atoms with Crippen molar-refractivity contribution in [3.63, 3.8) is 0 Å². The van der Waals surface area contributed by atoms with Crippen LogP contribution in [0.5, 0.6) is 0 Å². The number of nitrogens with one attached hydrogen (secondary N) is 2. The van der Waals surface area contributed by atoms with Crippen LogP contribution in [0.4, 0.5) is 5.13 Å². The SMILES string of the molecule is CC(=O)Nc1nc(CNC(c2ccc(CC(C)C)cc2)C(C)C)cs1. The van der Waals surface area contributed by atoms with E-state index in [-0.39, 0.29) is 11.9 Å². The van der Waals surface area contributed by atoms with Crippen LogP contribution in [0.15, 0.2) is 29.6 Å². The van der Waals surface area contributed by atoms with Crippen molar-refractivity contribution in [3.05, 3.63) is 46.5 Å². The van der Waals surface area contributed by atoms with Crippen LogP contribution in [0.3, 0.4) is 0 Å². The minimum Gasteiger partial charge on any atom is -0.304 e. The van der Waals surface area contributed by atoms with Gasteiger partial charge in [0, 0.05) is 24.9 Å². The van der Waals surface area contributed by atoms with Crippen molar-refractivity contribution >= 4 is 22.4 Å². The van der Waals surface area contributed by atoms with Crippen molar-refractivity contribution in [1.29, 1.82) is 0 Å². The Hall–Kier alpha value is -1.72. The lowest BCUT2D eigenvalue weighted by atomic mass is 9.93. The van der Waals surface area contributed by atoms with Crippen molar-refractivity contribution in [2.45, 2.75) is 53.6 Å². The Bertz CT molecular complexity index is 677. The molecule has 2 rings (SSSR count). The van der Waals surface area contributed by atoms with E-state index in [1.165, 1.54) is 29.4 Å². The Kier molecular flexibility index (Phi) is 7.14. The minimum atomic E-state index is -0.0876. The van der Waals surface area contributed by atoms with E-state index < -0.39 is 0 Å². The summed E-state index contributed by atoms with van der Waals surface area (Å²) in [6.07, 6.45) is 1.12. The van der Waals surface area contributed by atoms with Gasteiger partial charge >= 0.3 is 0 Å². The molecule has 0 saturated carbocycles. The zero-order valence-electron chi connectivity index (χ0n) is 15.8. The highest BCUT2D eigenvalue weighted by Crippen LogP contribution is 2.24. The maximum atomic E-state index is 11.1. The van der Waals surface area contributed by atoms with Gasteiger partial charge in [-0.15, -0.1) is 11.3 Å². The Morgan fingerprint density at radius 2 is 1.84 bits per heavy atom. The van der Waals surface area contributed by atoms with Crippen LogP contribution >= 0.6 is 11.3 Å². The van der Waals surface area contributed by atoms with E-state index >= 15 is 0 Å². The second kappa shape index (κ2) is 9.11. The molecular weight excluding hydrogens is 330 g/mol. The molecule has 0 spiro atoms. The molecule has 1 unspecified atom stereocenters. The summed E-state index contributed by atoms with van der Waals surface area (Å²) in [4.78, 5) is 15.5. The van der Waals surface area contributed by atoms with Gasteiger partial charge in [0.25, 0.3) is 0 Å². The van der Waals surface area contributed by atoms with E-state index in [0.717, 1.165) is 12.1 Å². The molecule has 1 heterocycles. The summed E-state index contributed by atoms with van der Waals surface area (Å²) in [6, 6.07) is 9.23. The van der Waals surface area contributed by atoms with E-state index in [0.29, 0.717) is 23.5 Å². The zero-order chi connectivity index (χ0) is 18.4. The Labute approximate surface area is 155 Å². The summed E-state index contributed by atoms with van der Waals surface area (Å²) in [7, 11) is 0. The molecule has 2 N–H and O–H groups in total. The number of nitrogens with zero attached hydrogens (tertiary/aromatic N) is 1. The van der Waals surface area contributed by atoms with Crippen LogP contribution < -0.4 is 10.6 Å². The molecule has 0 radical (unpaired) electrons. The summed E-state index contributed by atoms with van der Waals surface area (Å²) >= 11 is 1.46. The number of rotatable bonds is 8. The molecule has 4 nitrogen and oxygen atoms in total. The van der Waals surface area contributed by atoms with E-state index in [4.69, 9.17) is 0 Å². The van der Waals surface area contributed by atoms with E-state index in [1.807, 2.05) is 5.38 Å². The zero-order valence-corrected chi connectivity index (χ0v) is 16.6. The quantitative estimate of drug-likeness (QED) is 0.713. The third kappa shape index (κ3) is 6.25. The first-order chi connectivity index (χ1) is 11.8. The van der Waals surface area contributed by atoms with E-state index in [2.05, 4.69) is 67.6 Å². The normalized spacial score (nSPS) is 12.6. The molecule has 25 heavy (non-hydrogen) atoms. The lowest BCUT2D eigenvalue weighted by molar-refractivity contribution is -0.114. The predicted molar refractivity (Wildman–Crippen MR) is 106 cm³/mol. The molecule has 136 valence electrons. The molecule has 0 aliphatic carbocycles. The number of hydrogen-bond donors (Lipinski definition) is 2. The average molecular weight is 360 g/mol. The lowest BCUT2D eigenvalue weighted by Crippen LogP contribution is -2.25. The van der Waals surface area contributed by atoms with Crippen molar-refractivity contribution in [2.75, 3.05) is 5.32 Å². The van der Waals surface area contributed by atoms with Gasteiger partial charge in [-0.25, -0.2) is 4.98 Å². The molecule has 0 fully saturated rings. The van der Waals surface area contributed by atoms with Crippen LogP contribution in [-0.4, -0.2) is 10.9 Å².